The third kappa shape index (κ3) is 3.43. The minimum Gasteiger partial charge on any atom is -0.287 e. The molecule has 4 rings (SSSR count). The monoisotopic (exact) mass is 421 g/mol. The Hall–Kier alpha value is -3.59. The third-order valence-corrected chi connectivity index (χ3v) is 6.61. The summed E-state index contributed by atoms with van der Waals surface area (Å²) >= 11 is 0. The molecule has 0 radical (unpaired) electrons. The van der Waals surface area contributed by atoms with E-state index in [0.717, 1.165) is 5.56 Å². The molecule has 0 N–H and O–H groups in total. The molecule has 0 spiro atoms. The number of ketones is 1. The SMILES string of the molecule is CCS(=O)(=O)N(C)c1cccc(-c2ccnc3c(C(=O)c4ccccn4)cnn23)c1. The molecule has 0 atom stereocenters. The van der Waals surface area contributed by atoms with E-state index in [1.807, 2.05) is 6.07 Å². The second-order valence-electron chi connectivity index (χ2n) is 6.59. The minimum absolute atomic E-state index is 0.00534. The molecule has 9 heteroatoms. The molecule has 0 aliphatic rings. The first-order valence-corrected chi connectivity index (χ1v) is 10.9. The van der Waals surface area contributed by atoms with Gasteiger partial charge in [-0.25, -0.2) is 17.9 Å². The molecule has 8 nitrogen and oxygen atoms in total. The van der Waals surface area contributed by atoms with Crippen LogP contribution in [0.5, 0.6) is 0 Å². The largest absolute Gasteiger partial charge is 0.287 e. The zero-order chi connectivity index (χ0) is 21.3. The van der Waals surface area contributed by atoms with E-state index in [9.17, 15) is 13.2 Å². The molecule has 152 valence electrons. The predicted octanol–water partition coefficient (Wildman–Crippen LogP) is 2.81. The van der Waals surface area contributed by atoms with E-state index in [2.05, 4.69) is 15.1 Å². The molecule has 0 bridgehead atoms. The van der Waals surface area contributed by atoms with E-state index in [-0.39, 0.29) is 11.5 Å². The summed E-state index contributed by atoms with van der Waals surface area (Å²) in [4.78, 5) is 21.3. The van der Waals surface area contributed by atoms with Crippen molar-refractivity contribution in [1.29, 1.82) is 0 Å². The van der Waals surface area contributed by atoms with Crippen molar-refractivity contribution in [1.82, 2.24) is 19.6 Å². The van der Waals surface area contributed by atoms with Crippen LogP contribution in [0.1, 0.15) is 23.0 Å². The van der Waals surface area contributed by atoms with E-state index in [1.165, 1.54) is 17.5 Å². The molecule has 30 heavy (non-hydrogen) atoms. The minimum atomic E-state index is -3.38. The first kappa shape index (κ1) is 19.7. The van der Waals surface area contributed by atoms with Gasteiger partial charge in [-0.05, 0) is 37.3 Å². The Bertz CT molecular complexity index is 1330. The van der Waals surface area contributed by atoms with Gasteiger partial charge in [0, 0.05) is 25.0 Å². The number of hydrogen-bond donors (Lipinski definition) is 0. The summed E-state index contributed by atoms with van der Waals surface area (Å²) in [6.45, 7) is 1.60. The summed E-state index contributed by atoms with van der Waals surface area (Å²) in [6, 6.07) is 14.0. The number of hydrogen-bond acceptors (Lipinski definition) is 6. The molecule has 3 aromatic heterocycles. The van der Waals surface area contributed by atoms with Gasteiger partial charge in [0.05, 0.1) is 28.9 Å². The first-order valence-electron chi connectivity index (χ1n) is 9.28. The van der Waals surface area contributed by atoms with Gasteiger partial charge >= 0.3 is 0 Å². The van der Waals surface area contributed by atoms with E-state index in [1.54, 1.807) is 66.3 Å². The fourth-order valence-electron chi connectivity index (χ4n) is 3.12. The van der Waals surface area contributed by atoms with Crippen molar-refractivity contribution in [2.45, 2.75) is 6.92 Å². The second kappa shape index (κ2) is 7.68. The molecule has 0 saturated heterocycles. The average Bonchev–Trinajstić information content (AvgIpc) is 3.23. The zero-order valence-corrected chi connectivity index (χ0v) is 17.2. The quantitative estimate of drug-likeness (QED) is 0.444. The van der Waals surface area contributed by atoms with Crippen molar-refractivity contribution >= 4 is 27.1 Å². The molecule has 0 unspecified atom stereocenters. The molecular weight excluding hydrogens is 402 g/mol. The Morgan fingerprint density at radius 3 is 2.63 bits per heavy atom. The molecule has 0 saturated carbocycles. The van der Waals surface area contributed by atoms with Crippen LogP contribution in [0.3, 0.4) is 0 Å². The molecular formula is C21H19N5O3S. The van der Waals surface area contributed by atoms with Crippen molar-refractivity contribution in [3.05, 3.63) is 78.4 Å². The van der Waals surface area contributed by atoms with Crippen molar-refractivity contribution in [2.24, 2.45) is 0 Å². The highest BCUT2D eigenvalue weighted by molar-refractivity contribution is 7.92. The zero-order valence-electron chi connectivity index (χ0n) is 16.4. The summed E-state index contributed by atoms with van der Waals surface area (Å²) in [5, 5.41) is 4.35. The van der Waals surface area contributed by atoms with Crippen molar-refractivity contribution in [2.75, 3.05) is 17.1 Å². The number of anilines is 1. The number of aromatic nitrogens is 4. The van der Waals surface area contributed by atoms with Crippen molar-refractivity contribution in [3.8, 4) is 11.3 Å². The molecule has 0 fully saturated rings. The number of fused-ring (bicyclic) bond motifs is 1. The highest BCUT2D eigenvalue weighted by Gasteiger charge is 2.20. The summed E-state index contributed by atoms with van der Waals surface area (Å²) in [7, 11) is -1.86. The van der Waals surface area contributed by atoms with Gasteiger partial charge in [0.2, 0.25) is 15.8 Å². The van der Waals surface area contributed by atoms with Gasteiger partial charge in [0.25, 0.3) is 0 Å². The second-order valence-corrected chi connectivity index (χ2v) is 8.88. The Morgan fingerprint density at radius 2 is 1.90 bits per heavy atom. The van der Waals surface area contributed by atoms with E-state index in [0.29, 0.717) is 28.3 Å². The molecule has 4 aromatic rings. The Kier molecular flexibility index (Phi) is 5.04. The van der Waals surface area contributed by atoms with E-state index >= 15 is 0 Å². The van der Waals surface area contributed by atoms with Gasteiger partial charge in [0.1, 0.15) is 5.69 Å². The number of carbonyl (C=O) groups excluding carboxylic acids is 1. The van der Waals surface area contributed by atoms with E-state index in [4.69, 9.17) is 0 Å². The lowest BCUT2D eigenvalue weighted by atomic mass is 10.1. The topological polar surface area (TPSA) is 97.5 Å². The van der Waals surface area contributed by atoms with Gasteiger partial charge in [-0.15, -0.1) is 0 Å². The van der Waals surface area contributed by atoms with Crippen LogP contribution in [0.15, 0.2) is 67.1 Å². The smallest absolute Gasteiger partial charge is 0.234 e. The predicted molar refractivity (Wildman–Crippen MR) is 114 cm³/mol. The molecule has 0 aliphatic heterocycles. The average molecular weight is 421 g/mol. The number of nitrogens with zero attached hydrogens (tertiary/aromatic N) is 5. The van der Waals surface area contributed by atoms with Crippen LogP contribution in [0.4, 0.5) is 5.69 Å². The molecule has 0 amide bonds. The van der Waals surface area contributed by atoms with Crippen molar-refractivity contribution < 1.29 is 13.2 Å². The standard InChI is InChI=1S/C21H19N5O3S/c1-3-30(28,29)25(2)16-8-6-7-15(13-16)19-10-12-23-21-17(14-24-26(19)21)20(27)18-9-4-5-11-22-18/h4-14H,3H2,1-2H3. The lowest BCUT2D eigenvalue weighted by Crippen LogP contribution is -2.27. The van der Waals surface area contributed by atoms with Crippen LogP contribution >= 0.6 is 0 Å². The number of rotatable bonds is 6. The lowest BCUT2D eigenvalue weighted by Gasteiger charge is -2.19. The van der Waals surface area contributed by atoms with Crippen LogP contribution in [-0.2, 0) is 10.0 Å². The highest BCUT2D eigenvalue weighted by atomic mass is 32.2. The highest BCUT2D eigenvalue weighted by Crippen LogP contribution is 2.26. The number of pyridine rings is 1. The lowest BCUT2D eigenvalue weighted by molar-refractivity contribution is 0.103. The van der Waals surface area contributed by atoms with Crippen LogP contribution in [-0.4, -0.2) is 46.6 Å². The first-order chi connectivity index (χ1) is 14.4. The number of benzene rings is 1. The maximum atomic E-state index is 12.8. The third-order valence-electron chi connectivity index (χ3n) is 4.83. The number of carbonyl (C=O) groups is 1. The Morgan fingerprint density at radius 1 is 1.07 bits per heavy atom. The van der Waals surface area contributed by atoms with Crippen LogP contribution in [0, 0.1) is 0 Å². The molecule has 1 aromatic carbocycles. The Balaban J connectivity index is 1.79. The van der Waals surface area contributed by atoms with Gasteiger partial charge in [0.15, 0.2) is 5.65 Å². The normalized spacial score (nSPS) is 11.5. The fourth-order valence-corrected chi connectivity index (χ4v) is 3.94. The molecule has 0 aliphatic carbocycles. The van der Waals surface area contributed by atoms with Gasteiger partial charge in [-0.2, -0.15) is 5.10 Å². The van der Waals surface area contributed by atoms with Gasteiger partial charge in [-0.1, -0.05) is 18.2 Å². The van der Waals surface area contributed by atoms with Gasteiger partial charge < -0.3 is 0 Å². The summed E-state index contributed by atoms with van der Waals surface area (Å²) < 4.78 is 27.3. The number of sulfonamides is 1. The maximum Gasteiger partial charge on any atom is 0.234 e. The van der Waals surface area contributed by atoms with Gasteiger partial charge in [-0.3, -0.25) is 14.1 Å². The summed E-state index contributed by atoms with van der Waals surface area (Å²) in [5.41, 5.74) is 3.03. The fraction of sp³-hybridized carbons (Fsp3) is 0.143. The Labute approximate surface area is 173 Å². The maximum absolute atomic E-state index is 12.8. The van der Waals surface area contributed by atoms with Crippen LogP contribution in [0.2, 0.25) is 0 Å². The molecule has 3 heterocycles. The van der Waals surface area contributed by atoms with Crippen LogP contribution < -0.4 is 4.31 Å². The van der Waals surface area contributed by atoms with Crippen molar-refractivity contribution in [3.63, 3.8) is 0 Å². The summed E-state index contributed by atoms with van der Waals surface area (Å²) in [5.74, 6) is -0.261. The summed E-state index contributed by atoms with van der Waals surface area (Å²) in [6.07, 6.45) is 4.63. The van der Waals surface area contributed by atoms with Crippen LogP contribution in [0.25, 0.3) is 16.9 Å². The van der Waals surface area contributed by atoms with E-state index < -0.39 is 10.0 Å².